The molecule has 0 aromatic rings. The highest BCUT2D eigenvalue weighted by Gasteiger charge is 2.15. The standard InChI is InChI=1S/C12H25NOS/c1-3-15(14)10-9-13-12-6-4-5-11(2)7-8-12/h11-13H,3-10H2,1-2H3. The van der Waals surface area contributed by atoms with Gasteiger partial charge in [0, 0.05) is 34.9 Å². The van der Waals surface area contributed by atoms with Gasteiger partial charge < -0.3 is 5.32 Å². The molecule has 90 valence electrons. The summed E-state index contributed by atoms with van der Waals surface area (Å²) >= 11 is 0. The fraction of sp³-hybridized carbons (Fsp3) is 1.00. The van der Waals surface area contributed by atoms with Crippen LogP contribution in [0.25, 0.3) is 0 Å². The normalized spacial score (nSPS) is 29.7. The molecule has 1 fully saturated rings. The van der Waals surface area contributed by atoms with Crippen LogP contribution in [-0.4, -0.2) is 28.3 Å². The Morgan fingerprint density at radius 2 is 2.07 bits per heavy atom. The molecule has 0 amide bonds. The van der Waals surface area contributed by atoms with E-state index >= 15 is 0 Å². The van der Waals surface area contributed by atoms with Crippen molar-refractivity contribution in [3.8, 4) is 0 Å². The summed E-state index contributed by atoms with van der Waals surface area (Å²) in [7, 11) is -0.605. The Balaban J connectivity index is 2.12. The van der Waals surface area contributed by atoms with Crippen molar-refractivity contribution in [2.75, 3.05) is 18.1 Å². The molecule has 3 atom stereocenters. The van der Waals surface area contributed by atoms with E-state index in [1.807, 2.05) is 6.92 Å². The molecule has 3 unspecified atom stereocenters. The summed E-state index contributed by atoms with van der Waals surface area (Å²) in [5.41, 5.74) is 0. The van der Waals surface area contributed by atoms with E-state index in [4.69, 9.17) is 0 Å². The molecule has 1 aliphatic carbocycles. The van der Waals surface area contributed by atoms with Crippen LogP contribution in [0.4, 0.5) is 0 Å². The van der Waals surface area contributed by atoms with Crippen molar-refractivity contribution in [3.63, 3.8) is 0 Å². The van der Waals surface area contributed by atoms with Crippen LogP contribution in [0.3, 0.4) is 0 Å². The number of hydrogen-bond donors (Lipinski definition) is 1. The average molecular weight is 231 g/mol. The molecular formula is C12H25NOS. The molecule has 1 N–H and O–H groups in total. The minimum absolute atomic E-state index is 0.605. The third-order valence-corrected chi connectivity index (χ3v) is 4.65. The van der Waals surface area contributed by atoms with Gasteiger partial charge in [-0.05, 0) is 25.2 Å². The van der Waals surface area contributed by atoms with Gasteiger partial charge >= 0.3 is 0 Å². The van der Waals surface area contributed by atoms with Crippen molar-refractivity contribution in [1.82, 2.24) is 5.32 Å². The van der Waals surface area contributed by atoms with Crippen LogP contribution in [0, 0.1) is 5.92 Å². The van der Waals surface area contributed by atoms with Crippen LogP contribution in [0.2, 0.25) is 0 Å². The fourth-order valence-electron chi connectivity index (χ4n) is 2.21. The summed E-state index contributed by atoms with van der Waals surface area (Å²) in [5, 5.41) is 3.55. The lowest BCUT2D eigenvalue weighted by Gasteiger charge is -2.15. The molecule has 0 radical (unpaired) electrons. The molecule has 3 heteroatoms. The van der Waals surface area contributed by atoms with E-state index < -0.39 is 10.8 Å². The lowest BCUT2D eigenvalue weighted by Crippen LogP contribution is -2.32. The SMILES string of the molecule is CCS(=O)CCNC1CCCC(C)CC1. The van der Waals surface area contributed by atoms with Gasteiger partial charge in [0.05, 0.1) is 0 Å². The van der Waals surface area contributed by atoms with Crippen LogP contribution in [0.15, 0.2) is 0 Å². The quantitative estimate of drug-likeness (QED) is 0.736. The van der Waals surface area contributed by atoms with Gasteiger partial charge in [0.1, 0.15) is 0 Å². The van der Waals surface area contributed by atoms with Crippen LogP contribution < -0.4 is 5.32 Å². The summed E-state index contributed by atoms with van der Waals surface area (Å²) < 4.78 is 11.2. The topological polar surface area (TPSA) is 29.1 Å². The van der Waals surface area contributed by atoms with E-state index in [1.165, 1.54) is 32.1 Å². The first-order valence-corrected chi connectivity index (χ1v) is 7.79. The second-order valence-electron chi connectivity index (χ2n) is 4.70. The third kappa shape index (κ3) is 5.67. The van der Waals surface area contributed by atoms with Gasteiger partial charge in [0.2, 0.25) is 0 Å². The van der Waals surface area contributed by atoms with E-state index in [9.17, 15) is 4.21 Å². The van der Waals surface area contributed by atoms with Crippen LogP contribution in [0.1, 0.15) is 46.0 Å². The highest BCUT2D eigenvalue weighted by molar-refractivity contribution is 7.84. The summed E-state index contributed by atoms with van der Waals surface area (Å²) in [6, 6.07) is 0.684. The second-order valence-corrected chi connectivity index (χ2v) is 6.56. The molecular weight excluding hydrogens is 206 g/mol. The van der Waals surface area contributed by atoms with Gasteiger partial charge in [-0.15, -0.1) is 0 Å². The molecule has 15 heavy (non-hydrogen) atoms. The van der Waals surface area contributed by atoms with Gasteiger partial charge in [0.25, 0.3) is 0 Å². The Hall–Kier alpha value is 0.110. The monoisotopic (exact) mass is 231 g/mol. The van der Waals surface area contributed by atoms with Gasteiger partial charge in [-0.25, -0.2) is 0 Å². The molecule has 2 nitrogen and oxygen atoms in total. The van der Waals surface area contributed by atoms with Crippen molar-refractivity contribution < 1.29 is 4.21 Å². The Morgan fingerprint density at radius 1 is 1.27 bits per heavy atom. The van der Waals surface area contributed by atoms with Crippen molar-refractivity contribution in [3.05, 3.63) is 0 Å². The maximum Gasteiger partial charge on any atom is 0.0360 e. The summed E-state index contributed by atoms with van der Waals surface area (Å²) in [4.78, 5) is 0. The third-order valence-electron chi connectivity index (χ3n) is 3.34. The van der Waals surface area contributed by atoms with Gasteiger partial charge in [0.15, 0.2) is 0 Å². The van der Waals surface area contributed by atoms with E-state index in [0.717, 1.165) is 24.0 Å². The lowest BCUT2D eigenvalue weighted by molar-refractivity contribution is 0.458. The van der Waals surface area contributed by atoms with E-state index in [0.29, 0.717) is 6.04 Å². The Morgan fingerprint density at radius 3 is 2.80 bits per heavy atom. The molecule has 1 aliphatic rings. The van der Waals surface area contributed by atoms with Crippen molar-refractivity contribution in [1.29, 1.82) is 0 Å². The summed E-state index contributed by atoms with van der Waals surface area (Å²) in [6.07, 6.45) is 6.71. The second kappa shape index (κ2) is 7.39. The summed E-state index contributed by atoms with van der Waals surface area (Å²) in [6.45, 7) is 5.28. The number of rotatable bonds is 5. The molecule has 0 heterocycles. The fourth-order valence-corrected chi connectivity index (χ4v) is 2.85. The number of hydrogen-bond acceptors (Lipinski definition) is 2. The highest BCUT2D eigenvalue weighted by atomic mass is 32.2. The van der Waals surface area contributed by atoms with Crippen LogP contribution >= 0.6 is 0 Å². The van der Waals surface area contributed by atoms with Crippen LogP contribution in [-0.2, 0) is 10.8 Å². The first kappa shape index (κ1) is 13.2. The molecule has 1 rings (SSSR count). The predicted molar refractivity (Wildman–Crippen MR) is 67.6 cm³/mol. The molecule has 0 aliphatic heterocycles. The average Bonchev–Trinajstić information content (AvgIpc) is 2.43. The van der Waals surface area contributed by atoms with Crippen molar-refractivity contribution in [2.45, 2.75) is 52.0 Å². The van der Waals surface area contributed by atoms with Crippen molar-refractivity contribution in [2.24, 2.45) is 5.92 Å². The highest BCUT2D eigenvalue weighted by Crippen LogP contribution is 2.22. The van der Waals surface area contributed by atoms with Gasteiger partial charge in [-0.1, -0.05) is 26.7 Å². The van der Waals surface area contributed by atoms with Gasteiger partial charge in [-0.2, -0.15) is 0 Å². The predicted octanol–water partition coefficient (Wildman–Crippen LogP) is 2.31. The van der Waals surface area contributed by atoms with E-state index in [-0.39, 0.29) is 0 Å². The minimum atomic E-state index is -0.605. The maximum absolute atomic E-state index is 11.2. The Bertz CT molecular complexity index is 196. The number of nitrogens with one attached hydrogen (secondary N) is 1. The molecule has 0 aromatic carbocycles. The Labute approximate surface area is 96.7 Å². The molecule has 1 saturated carbocycles. The first-order valence-electron chi connectivity index (χ1n) is 6.30. The smallest absolute Gasteiger partial charge is 0.0360 e. The maximum atomic E-state index is 11.2. The molecule has 0 bridgehead atoms. The zero-order valence-corrected chi connectivity index (χ0v) is 10.9. The zero-order chi connectivity index (χ0) is 11.1. The minimum Gasteiger partial charge on any atom is -0.313 e. The lowest BCUT2D eigenvalue weighted by atomic mass is 10.0. The molecule has 0 spiro atoms. The largest absolute Gasteiger partial charge is 0.313 e. The van der Waals surface area contributed by atoms with Crippen molar-refractivity contribution >= 4 is 10.8 Å². The molecule has 0 saturated heterocycles. The first-order chi connectivity index (χ1) is 7.22. The van der Waals surface area contributed by atoms with Crippen LogP contribution in [0.5, 0.6) is 0 Å². The van der Waals surface area contributed by atoms with E-state index in [1.54, 1.807) is 0 Å². The Kier molecular flexibility index (Phi) is 6.50. The van der Waals surface area contributed by atoms with E-state index in [2.05, 4.69) is 12.2 Å². The molecule has 0 aromatic heterocycles. The van der Waals surface area contributed by atoms with Gasteiger partial charge in [-0.3, -0.25) is 4.21 Å². The zero-order valence-electron chi connectivity index (χ0n) is 10.1. The summed E-state index contributed by atoms with van der Waals surface area (Å²) in [5.74, 6) is 2.52.